The largest absolute Gasteiger partial charge is 0.482 e. The highest BCUT2D eigenvalue weighted by Crippen LogP contribution is 2.26. The summed E-state index contributed by atoms with van der Waals surface area (Å²) in [6.07, 6.45) is -4.35. The van der Waals surface area contributed by atoms with Crippen molar-refractivity contribution in [2.45, 2.75) is 6.18 Å². The molecule has 1 aromatic carbocycles. The number of alkyl halides is 3. The molecule has 2 N–H and O–H groups in total. The van der Waals surface area contributed by atoms with E-state index in [4.69, 9.17) is 5.73 Å². The molecule has 0 amide bonds. The number of benzene rings is 1. The quantitative estimate of drug-likeness (QED) is 0.838. The van der Waals surface area contributed by atoms with Gasteiger partial charge in [-0.2, -0.15) is 13.2 Å². The van der Waals surface area contributed by atoms with E-state index < -0.39 is 12.8 Å². The van der Waals surface area contributed by atoms with E-state index in [1.807, 2.05) is 0 Å². The number of rotatable bonds is 2. The minimum atomic E-state index is -4.35. The highest BCUT2D eigenvalue weighted by molar-refractivity contribution is 9.10. The normalized spacial score (nSPS) is 11.4. The number of hydrogen-bond donors (Lipinski definition) is 1. The average Bonchev–Trinajstić information content (AvgIpc) is 2.00. The first-order chi connectivity index (χ1) is 6.38. The third-order valence-corrected chi connectivity index (χ3v) is 1.86. The summed E-state index contributed by atoms with van der Waals surface area (Å²) in [6.45, 7) is -1.33. The third kappa shape index (κ3) is 3.45. The molecule has 2 nitrogen and oxygen atoms in total. The fourth-order valence-electron chi connectivity index (χ4n) is 0.810. The van der Waals surface area contributed by atoms with Gasteiger partial charge in [0.15, 0.2) is 6.61 Å². The molecule has 0 atom stereocenters. The maximum atomic E-state index is 11.8. The van der Waals surface area contributed by atoms with Crippen LogP contribution in [0.5, 0.6) is 5.75 Å². The predicted molar refractivity (Wildman–Crippen MR) is 50.1 cm³/mol. The van der Waals surface area contributed by atoms with Gasteiger partial charge in [-0.05, 0) is 18.2 Å². The van der Waals surface area contributed by atoms with Gasteiger partial charge in [0.25, 0.3) is 0 Å². The number of hydrogen-bond acceptors (Lipinski definition) is 2. The number of anilines is 1. The molecule has 0 bridgehead atoms. The van der Waals surface area contributed by atoms with Crippen molar-refractivity contribution in [3.05, 3.63) is 22.7 Å². The van der Waals surface area contributed by atoms with Gasteiger partial charge in [-0.3, -0.25) is 0 Å². The van der Waals surface area contributed by atoms with Crippen molar-refractivity contribution >= 4 is 21.6 Å². The molecule has 0 aliphatic heterocycles. The zero-order valence-electron chi connectivity index (χ0n) is 6.94. The van der Waals surface area contributed by atoms with Crippen molar-refractivity contribution in [3.63, 3.8) is 0 Å². The van der Waals surface area contributed by atoms with Crippen LogP contribution in [0.25, 0.3) is 0 Å². The summed E-state index contributed by atoms with van der Waals surface area (Å²) >= 11 is 3.13. The molecule has 0 spiro atoms. The second-order valence-electron chi connectivity index (χ2n) is 2.59. The van der Waals surface area contributed by atoms with Crippen molar-refractivity contribution < 1.29 is 17.9 Å². The van der Waals surface area contributed by atoms with E-state index in [2.05, 4.69) is 20.7 Å². The molecule has 1 rings (SSSR count). The smallest absolute Gasteiger partial charge is 0.422 e. The second kappa shape index (κ2) is 4.08. The molecule has 0 saturated heterocycles. The Morgan fingerprint density at radius 1 is 1.36 bits per heavy atom. The lowest BCUT2D eigenvalue weighted by Gasteiger charge is -2.10. The Labute approximate surface area is 87.0 Å². The van der Waals surface area contributed by atoms with Crippen LogP contribution in [-0.4, -0.2) is 12.8 Å². The van der Waals surface area contributed by atoms with Crippen LogP contribution in [-0.2, 0) is 0 Å². The zero-order valence-corrected chi connectivity index (χ0v) is 8.52. The molecule has 0 aromatic heterocycles. The van der Waals surface area contributed by atoms with Gasteiger partial charge >= 0.3 is 6.18 Å². The van der Waals surface area contributed by atoms with E-state index in [9.17, 15) is 13.2 Å². The summed E-state index contributed by atoms with van der Waals surface area (Å²) in [5, 5.41) is 0. The Balaban J connectivity index is 2.68. The van der Waals surface area contributed by atoms with E-state index in [1.54, 1.807) is 6.07 Å². The molecule has 0 saturated carbocycles. The van der Waals surface area contributed by atoms with Crippen molar-refractivity contribution in [1.82, 2.24) is 0 Å². The van der Waals surface area contributed by atoms with Crippen molar-refractivity contribution in [3.8, 4) is 5.75 Å². The molecule has 0 heterocycles. The van der Waals surface area contributed by atoms with Crippen molar-refractivity contribution in [2.24, 2.45) is 0 Å². The van der Waals surface area contributed by atoms with Crippen molar-refractivity contribution in [1.29, 1.82) is 0 Å². The molecular weight excluding hydrogens is 263 g/mol. The molecule has 0 radical (unpaired) electrons. The van der Waals surface area contributed by atoms with Crippen LogP contribution in [0.4, 0.5) is 18.9 Å². The minimum absolute atomic E-state index is 0.0329. The van der Waals surface area contributed by atoms with E-state index >= 15 is 0 Å². The van der Waals surface area contributed by atoms with Crippen LogP contribution in [0.15, 0.2) is 22.7 Å². The monoisotopic (exact) mass is 269 g/mol. The van der Waals surface area contributed by atoms with Gasteiger partial charge in [0.1, 0.15) is 5.75 Å². The Kier molecular flexibility index (Phi) is 3.25. The SMILES string of the molecule is Nc1cc(Br)ccc1OCC(F)(F)F. The number of halogens is 4. The molecule has 14 heavy (non-hydrogen) atoms. The standard InChI is InChI=1S/C8H7BrF3NO/c9-5-1-2-7(6(13)3-5)14-4-8(10,11)12/h1-3H,4,13H2. The molecule has 0 aliphatic carbocycles. The summed E-state index contributed by atoms with van der Waals surface area (Å²) in [7, 11) is 0. The molecule has 0 unspecified atom stereocenters. The zero-order chi connectivity index (χ0) is 10.8. The van der Waals surface area contributed by atoms with E-state index in [0.29, 0.717) is 4.47 Å². The fourth-order valence-corrected chi connectivity index (χ4v) is 1.19. The number of ether oxygens (including phenoxy) is 1. The first-order valence-corrected chi connectivity index (χ1v) is 4.42. The van der Waals surface area contributed by atoms with Gasteiger partial charge in [0.2, 0.25) is 0 Å². The van der Waals surface area contributed by atoms with Crippen LogP contribution >= 0.6 is 15.9 Å². The summed E-state index contributed by atoms with van der Waals surface area (Å²) in [5.41, 5.74) is 5.60. The fraction of sp³-hybridized carbons (Fsp3) is 0.250. The molecule has 0 aliphatic rings. The maximum Gasteiger partial charge on any atom is 0.422 e. The van der Waals surface area contributed by atoms with E-state index in [0.717, 1.165) is 0 Å². The topological polar surface area (TPSA) is 35.2 Å². The van der Waals surface area contributed by atoms with Crippen molar-refractivity contribution in [2.75, 3.05) is 12.3 Å². The van der Waals surface area contributed by atoms with Gasteiger partial charge < -0.3 is 10.5 Å². The summed E-state index contributed by atoms with van der Waals surface area (Å²) < 4.78 is 40.5. The van der Waals surface area contributed by atoms with Crippen LogP contribution in [0.1, 0.15) is 0 Å². The highest BCUT2D eigenvalue weighted by Gasteiger charge is 2.28. The number of nitrogen functional groups attached to an aromatic ring is 1. The van der Waals surface area contributed by atoms with Crippen LogP contribution in [0, 0.1) is 0 Å². The molecule has 6 heteroatoms. The van der Waals surface area contributed by atoms with Gasteiger partial charge in [-0.1, -0.05) is 15.9 Å². The van der Waals surface area contributed by atoms with Crippen LogP contribution in [0.2, 0.25) is 0 Å². The lowest BCUT2D eigenvalue weighted by molar-refractivity contribution is -0.153. The van der Waals surface area contributed by atoms with E-state index in [1.165, 1.54) is 12.1 Å². The molecular formula is C8H7BrF3NO. The molecule has 0 fully saturated rings. The summed E-state index contributed by atoms with van der Waals surface area (Å²) in [5.74, 6) is 0.0329. The summed E-state index contributed by atoms with van der Waals surface area (Å²) in [6, 6.07) is 4.42. The predicted octanol–water partition coefficient (Wildman–Crippen LogP) is 2.97. The summed E-state index contributed by atoms with van der Waals surface area (Å²) in [4.78, 5) is 0. The number of nitrogens with two attached hydrogens (primary N) is 1. The van der Waals surface area contributed by atoms with Crippen LogP contribution < -0.4 is 10.5 Å². The first-order valence-electron chi connectivity index (χ1n) is 3.63. The Morgan fingerprint density at radius 3 is 2.50 bits per heavy atom. The van der Waals surface area contributed by atoms with Gasteiger partial charge in [0.05, 0.1) is 5.69 Å². The molecule has 78 valence electrons. The molecule has 1 aromatic rings. The van der Waals surface area contributed by atoms with Gasteiger partial charge in [-0.15, -0.1) is 0 Å². The minimum Gasteiger partial charge on any atom is -0.482 e. The highest BCUT2D eigenvalue weighted by atomic mass is 79.9. The lowest BCUT2D eigenvalue weighted by atomic mass is 10.3. The van der Waals surface area contributed by atoms with Crippen LogP contribution in [0.3, 0.4) is 0 Å². The Bertz CT molecular complexity index is 327. The Hall–Kier alpha value is -0.910. The average molecular weight is 270 g/mol. The Morgan fingerprint density at radius 2 is 2.00 bits per heavy atom. The lowest BCUT2D eigenvalue weighted by Crippen LogP contribution is -2.19. The maximum absolute atomic E-state index is 11.8. The first kappa shape index (κ1) is 11.2. The van der Waals surface area contributed by atoms with E-state index in [-0.39, 0.29) is 11.4 Å². The third-order valence-electron chi connectivity index (χ3n) is 1.36. The van der Waals surface area contributed by atoms with Gasteiger partial charge in [-0.25, -0.2) is 0 Å². The van der Waals surface area contributed by atoms with Gasteiger partial charge in [0, 0.05) is 4.47 Å². The second-order valence-corrected chi connectivity index (χ2v) is 3.50.